The van der Waals surface area contributed by atoms with Crippen LogP contribution in [0.2, 0.25) is 0 Å². The molecular weight excluding hydrogens is 428 g/mol. The fraction of sp³-hybridized carbons (Fsp3) is 0.516. The number of aryl methyl sites for hydroxylation is 2. The van der Waals surface area contributed by atoms with E-state index in [4.69, 9.17) is 4.98 Å². The average molecular weight is 469 g/mol. The van der Waals surface area contributed by atoms with Gasteiger partial charge in [0.1, 0.15) is 0 Å². The molecule has 0 unspecified atom stereocenters. The summed E-state index contributed by atoms with van der Waals surface area (Å²) in [7, 11) is 0. The summed E-state index contributed by atoms with van der Waals surface area (Å²) in [6.45, 7) is 7.63. The van der Waals surface area contributed by atoms with Crippen LogP contribution in [0.4, 0.5) is 0 Å². The lowest BCUT2D eigenvalue weighted by atomic mass is 10.0. The number of aromatic amines is 1. The number of pyridine rings is 1. The Balaban J connectivity index is 1.15. The molecule has 35 heavy (non-hydrogen) atoms. The number of rotatable bonds is 8. The van der Waals surface area contributed by atoms with E-state index in [1.54, 1.807) is 0 Å². The van der Waals surface area contributed by atoms with Gasteiger partial charge in [0.2, 0.25) is 0 Å². The highest BCUT2D eigenvalue weighted by molar-refractivity contribution is 6.08. The molecule has 2 aliphatic heterocycles. The van der Waals surface area contributed by atoms with Gasteiger partial charge in [-0.15, -0.1) is 0 Å². The fourth-order valence-corrected chi connectivity index (χ4v) is 6.26. The predicted molar refractivity (Wildman–Crippen MR) is 148 cm³/mol. The highest BCUT2D eigenvalue weighted by atomic mass is 15.1. The number of nitrogens with zero attached hydrogens (tertiary/aromatic N) is 3. The lowest BCUT2D eigenvalue weighted by molar-refractivity contribution is 0.226. The molecule has 2 saturated heterocycles. The summed E-state index contributed by atoms with van der Waals surface area (Å²) in [6, 6.07) is 16.1. The van der Waals surface area contributed by atoms with Gasteiger partial charge >= 0.3 is 0 Å². The Morgan fingerprint density at radius 3 is 1.97 bits per heavy atom. The molecule has 0 spiro atoms. The van der Waals surface area contributed by atoms with Crippen LogP contribution in [0.25, 0.3) is 32.8 Å². The van der Waals surface area contributed by atoms with Crippen LogP contribution in [-0.4, -0.2) is 59.0 Å². The molecule has 0 amide bonds. The van der Waals surface area contributed by atoms with E-state index in [9.17, 15) is 0 Å². The molecule has 2 aromatic carbocycles. The van der Waals surface area contributed by atoms with Gasteiger partial charge in [-0.05, 0) is 132 Å². The number of nitrogens with one attached hydrogen (secondary N) is 1. The first kappa shape index (κ1) is 23.0. The van der Waals surface area contributed by atoms with Crippen molar-refractivity contribution in [3.63, 3.8) is 0 Å². The Kier molecular flexibility index (Phi) is 7.01. The van der Waals surface area contributed by atoms with Gasteiger partial charge < -0.3 is 14.8 Å². The third-order valence-electron chi connectivity index (χ3n) is 8.26. The molecule has 0 aliphatic carbocycles. The zero-order chi connectivity index (χ0) is 23.5. The summed E-state index contributed by atoms with van der Waals surface area (Å²) in [5.74, 6) is 0. The van der Waals surface area contributed by atoms with Crippen molar-refractivity contribution in [1.82, 2.24) is 19.8 Å². The Morgan fingerprint density at radius 1 is 0.657 bits per heavy atom. The van der Waals surface area contributed by atoms with E-state index in [-0.39, 0.29) is 0 Å². The van der Waals surface area contributed by atoms with Gasteiger partial charge in [-0.2, -0.15) is 0 Å². The van der Waals surface area contributed by atoms with Gasteiger partial charge in [-0.3, -0.25) is 0 Å². The van der Waals surface area contributed by atoms with Crippen LogP contribution >= 0.6 is 0 Å². The Hall–Kier alpha value is -2.43. The highest BCUT2D eigenvalue weighted by Gasteiger charge is 2.12. The quantitative estimate of drug-likeness (QED) is 0.312. The first-order valence-corrected chi connectivity index (χ1v) is 14.1. The zero-order valence-corrected chi connectivity index (χ0v) is 21.2. The number of aromatic nitrogens is 2. The summed E-state index contributed by atoms with van der Waals surface area (Å²) >= 11 is 0. The maximum Gasteiger partial charge on any atom is 0.0965 e. The number of likely N-dealkylation sites (tertiary alicyclic amines) is 2. The summed E-state index contributed by atoms with van der Waals surface area (Å²) in [5.41, 5.74) is 7.44. The molecule has 2 aliphatic rings. The van der Waals surface area contributed by atoms with Crippen LogP contribution in [-0.2, 0) is 12.8 Å². The molecule has 1 N–H and O–H groups in total. The van der Waals surface area contributed by atoms with Gasteiger partial charge in [-0.25, -0.2) is 4.98 Å². The SMILES string of the molecule is c1cc2nc3c(cc2cc1CCCN1CCCCC1)[nH]c1ccc(CCCN2CCCCC2)cc13. The molecule has 4 heterocycles. The monoisotopic (exact) mass is 468 g/mol. The first-order valence-electron chi connectivity index (χ1n) is 14.1. The maximum absolute atomic E-state index is 5.11. The first-order chi connectivity index (χ1) is 17.3. The molecule has 0 bridgehead atoms. The van der Waals surface area contributed by atoms with Crippen molar-refractivity contribution in [3.8, 4) is 0 Å². The molecule has 0 radical (unpaired) electrons. The minimum Gasteiger partial charge on any atom is -0.353 e. The van der Waals surface area contributed by atoms with Crippen molar-refractivity contribution in [3.05, 3.63) is 53.6 Å². The van der Waals surface area contributed by atoms with Gasteiger partial charge in [0, 0.05) is 16.3 Å². The topological polar surface area (TPSA) is 35.2 Å². The van der Waals surface area contributed by atoms with Gasteiger partial charge in [0.15, 0.2) is 0 Å². The molecule has 0 saturated carbocycles. The molecular formula is C31H40N4. The van der Waals surface area contributed by atoms with Crippen molar-refractivity contribution >= 4 is 32.8 Å². The number of hydrogen-bond acceptors (Lipinski definition) is 3. The van der Waals surface area contributed by atoms with E-state index in [0.717, 1.165) is 29.4 Å². The Bertz CT molecular complexity index is 1280. The smallest absolute Gasteiger partial charge is 0.0965 e. The zero-order valence-electron chi connectivity index (χ0n) is 21.2. The summed E-state index contributed by atoms with van der Waals surface area (Å²) in [5, 5.41) is 2.52. The Labute approximate surface area is 209 Å². The molecule has 0 atom stereocenters. The van der Waals surface area contributed by atoms with Crippen molar-refractivity contribution in [2.24, 2.45) is 0 Å². The van der Waals surface area contributed by atoms with Crippen LogP contribution in [0.15, 0.2) is 42.5 Å². The van der Waals surface area contributed by atoms with E-state index < -0.39 is 0 Å². The molecule has 4 nitrogen and oxygen atoms in total. The minimum atomic E-state index is 1.11. The molecule has 4 heteroatoms. The normalized spacial score (nSPS) is 18.2. The van der Waals surface area contributed by atoms with E-state index in [0.29, 0.717) is 0 Å². The number of hydrogen-bond donors (Lipinski definition) is 1. The van der Waals surface area contributed by atoms with Crippen molar-refractivity contribution < 1.29 is 0 Å². The van der Waals surface area contributed by atoms with Gasteiger partial charge in [-0.1, -0.05) is 25.0 Å². The standard InChI is InChI=1S/C31H40N4/c1-3-15-34(16-4-1)19-7-9-24-11-13-28-26(21-24)23-30-31(33-28)27-22-25(12-14-29(27)32-30)10-8-20-35-17-5-2-6-18-35/h11-14,21-23,32H,1-10,15-20H2. The van der Waals surface area contributed by atoms with Crippen molar-refractivity contribution in [1.29, 1.82) is 0 Å². The third-order valence-corrected chi connectivity index (χ3v) is 8.26. The number of H-pyrrole nitrogens is 1. The van der Waals surface area contributed by atoms with E-state index in [1.807, 2.05) is 0 Å². The summed E-state index contributed by atoms with van der Waals surface area (Å²) in [6.07, 6.45) is 13.1. The van der Waals surface area contributed by atoms with Crippen LogP contribution in [0.1, 0.15) is 62.5 Å². The van der Waals surface area contributed by atoms with Gasteiger partial charge in [0.05, 0.1) is 16.6 Å². The Morgan fingerprint density at radius 2 is 1.29 bits per heavy atom. The second-order valence-electron chi connectivity index (χ2n) is 10.9. The molecule has 184 valence electrons. The van der Waals surface area contributed by atoms with Crippen molar-refractivity contribution in [2.45, 2.75) is 64.2 Å². The summed E-state index contributed by atoms with van der Waals surface area (Å²) < 4.78 is 0. The predicted octanol–water partition coefficient (Wildman–Crippen LogP) is 6.71. The summed E-state index contributed by atoms with van der Waals surface area (Å²) in [4.78, 5) is 14.0. The minimum absolute atomic E-state index is 1.11. The van der Waals surface area contributed by atoms with Crippen LogP contribution < -0.4 is 0 Å². The highest BCUT2D eigenvalue weighted by Crippen LogP contribution is 2.29. The molecule has 2 aromatic heterocycles. The number of fused-ring (bicyclic) bond motifs is 4. The largest absolute Gasteiger partial charge is 0.353 e. The fourth-order valence-electron chi connectivity index (χ4n) is 6.26. The van der Waals surface area contributed by atoms with E-state index in [1.165, 1.54) is 118 Å². The molecule has 6 rings (SSSR count). The van der Waals surface area contributed by atoms with Crippen LogP contribution in [0.5, 0.6) is 0 Å². The lowest BCUT2D eigenvalue weighted by Crippen LogP contribution is -2.30. The van der Waals surface area contributed by atoms with E-state index >= 15 is 0 Å². The third kappa shape index (κ3) is 5.39. The number of piperidine rings is 2. The van der Waals surface area contributed by atoms with Crippen molar-refractivity contribution in [2.75, 3.05) is 39.3 Å². The van der Waals surface area contributed by atoms with Crippen LogP contribution in [0.3, 0.4) is 0 Å². The average Bonchev–Trinajstić information content (AvgIpc) is 3.25. The number of benzene rings is 2. The van der Waals surface area contributed by atoms with Crippen LogP contribution in [0, 0.1) is 0 Å². The second kappa shape index (κ2) is 10.7. The van der Waals surface area contributed by atoms with E-state index in [2.05, 4.69) is 57.2 Å². The second-order valence-corrected chi connectivity index (χ2v) is 10.9. The molecule has 2 fully saturated rings. The maximum atomic E-state index is 5.11. The van der Waals surface area contributed by atoms with Gasteiger partial charge in [0.25, 0.3) is 0 Å². The lowest BCUT2D eigenvalue weighted by Gasteiger charge is -2.26. The molecule has 4 aromatic rings.